The van der Waals surface area contributed by atoms with Crippen LogP contribution in [0.1, 0.15) is 37.0 Å². The van der Waals surface area contributed by atoms with E-state index in [-0.39, 0.29) is 11.7 Å². The zero-order valence-corrected chi connectivity index (χ0v) is 10.9. The van der Waals surface area contributed by atoms with Crippen LogP contribution >= 0.6 is 0 Å². The smallest absolute Gasteiger partial charge is 0.165 e. The molecular weight excluding hydrogens is 216 g/mol. The maximum Gasteiger partial charge on any atom is 0.165 e. The molecule has 0 fully saturated rings. The number of rotatable bonds is 6. The van der Waals surface area contributed by atoms with E-state index in [0.29, 0.717) is 17.1 Å². The van der Waals surface area contributed by atoms with Crippen molar-refractivity contribution in [1.82, 2.24) is 0 Å². The summed E-state index contributed by atoms with van der Waals surface area (Å²) in [7, 11) is 3.16. The van der Waals surface area contributed by atoms with Gasteiger partial charge in [0.1, 0.15) is 11.5 Å². The van der Waals surface area contributed by atoms with Crippen molar-refractivity contribution in [2.24, 2.45) is 5.92 Å². The van der Waals surface area contributed by atoms with Crippen LogP contribution in [0.3, 0.4) is 0 Å². The summed E-state index contributed by atoms with van der Waals surface area (Å²) < 4.78 is 10.3. The predicted octanol–water partition coefficient (Wildman–Crippen LogP) is 3.32. The average Bonchev–Trinajstić information content (AvgIpc) is 2.37. The lowest BCUT2D eigenvalue weighted by atomic mass is 9.95. The number of ketones is 1. The van der Waals surface area contributed by atoms with Gasteiger partial charge in [0.2, 0.25) is 0 Å². The van der Waals surface area contributed by atoms with Crippen LogP contribution in [0.2, 0.25) is 0 Å². The number of hydrogen-bond acceptors (Lipinski definition) is 3. The number of benzene rings is 1. The fraction of sp³-hybridized carbons (Fsp3) is 0.500. The Kier molecular flexibility index (Phi) is 5.01. The molecule has 0 saturated carbocycles. The summed E-state index contributed by atoms with van der Waals surface area (Å²) in [4.78, 5) is 12.2. The highest BCUT2D eigenvalue weighted by Crippen LogP contribution is 2.25. The van der Waals surface area contributed by atoms with Gasteiger partial charge >= 0.3 is 0 Å². The molecule has 3 nitrogen and oxygen atoms in total. The number of carbonyl (C=O) groups is 1. The summed E-state index contributed by atoms with van der Waals surface area (Å²) in [5.41, 5.74) is 0.655. The SMILES string of the molecule is CCCC(C)C(=O)c1cc(OC)cc(OC)c1. The molecule has 0 aliphatic heterocycles. The van der Waals surface area contributed by atoms with Crippen LogP contribution < -0.4 is 9.47 Å². The van der Waals surface area contributed by atoms with Crippen molar-refractivity contribution in [2.45, 2.75) is 26.7 Å². The third-order valence-corrected chi connectivity index (χ3v) is 2.81. The molecule has 0 aromatic heterocycles. The lowest BCUT2D eigenvalue weighted by molar-refractivity contribution is 0.0923. The Hall–Kier alpha value is -1.51. The van der Waals surface area contributed by atoms with E-state index in [9.17, 15) is 4.79 Å². The third-order valence-electron chi connectivity index (χ3n) is 2.81. The van der Waals surface area contributed by atoms with Gasteiger partial charge in [0.25, 0.3) is 0 Å². The molecular formula is C14H20O3. The first-order valence-electron chi connectivity index (χ1n) is 5.89. The van der Waals surface area contributed by atoms with Crippen LogP contribution in [0, 0.1) is 5.92 Å². The Morgan fingerprint density at radius 3 is 2.12 bits per heavy atom. The molecule has 17 heavy (non-hydrogen) atoms. The van der Waals surface area contributed by atoms with Crippen LogP contribution in [0.15, 0.2) is 18.2 Å². The Morgan fingerprint density at radius 2 is 1.71 bits per heavy atom. The molecule has 0 aliphatic rings. The van der Waals surface area contributed by atoms with Gasteiger partial charge in [-0.15, -0.1) is 0 Å². The van der Waals surface area contributed by atoms with E-state index < -0.39 is 0 Å². The maximum absolute atomic E-state index is 12.2. The average molecular weight is 236 g/mol. The number of hydrogen-bond donors (Lipinski definition) is 0. The molecule has 0 bridgehead atoms. The highest BCUT2D eigenvalue weighted by molar-refractivity contribution is 5.98. The molecule has 0 aliphatic carbocycles. The van der Waals surface area contributed by atoms with Crippen LogP contribution in [0.5, 0.6) is 11.5 Å². The minimum absolute atomic E-state index is 0.0387. The molecule has 0 radical (unpaired) electrons. The maximum atomic E-state index is 12.2. The third kappa shape index (κ3) is 3.48. The summed E-state index contributed by atoms with van der Waals surface area (Å²) in [6.07, 6.45) is 1.91. The number of ether oxygens (including phenoxy) is 2. The minimum Gasteiger partial charge on any atom is -0.497 e. The van der Waals surface area contributed by atoms with Gasteiger partial charge in [0.15, 0.2) is 5.78 Å². The molecule has 3 heteroatoms. The van der Waals surface area contributed by atoms with E-state index in [1.54, 1.807) is 32.4 Å². The van der Waals surface area contributed by atoms with Gasteiger partial charge in [-0.2, -0.15) is 0 Å². The molecule has 0 spiro atoms. The first-order chi connectivity index (χ1) is 8.12. The Balaban J connectivity index is 2.99. The van der Waals surface area contributed by atoms with Gasteiger partial charge in [0, 0.05) is 17.5 Å². The molecule has 0 saturated heterocycles. The highest BCUT2D eigenvalue weighted by atomic mass is 16.5. The van der Waals surface area contributed by atoms with Crippen molar-refractivity contribution in [3.63, 3.8) is 0 Å². The van der Waals surface area contributed by atoms with E-state index in [2.05, 4.69) is 6.92 Å². The second kappa shape index (κ2) is 6.28. The van der Waals surface area contributed by atoms with Gasteiger partial charge in [0.05, 0.1) is 14.2 Å². The Bertz CT molecular complexity index is 363. The second-order valence-electron chi connectivity index (χ2n) is 4.16. The van der Waals surface area contributed by atoms with Crippen molar-refractivity contribution in [1.29, 1.82) is 0 Å². The summed E-state index contributed by atoms with van der Waals surface area (Å²) in [5.74, 6) is 1.48. The zero-order valence-electron chi connectivity index (χ0n) is 10.9. The monoisotopic (exact) mass is 236 g/mol. The van der Waals surface area contributed by atoms with Crippen LogP contribution in [-0.4, -0.2) is 20.0 Å². The van der Waals surface area contributed by atoms with Crippen LogP contribution in [-0.2, 0) is 0 Å². The fourth-order valence-corrected chi connectivity index (χ4v) is 1.80. The molecule has 1 atom stereocenters. The predicted molar refractivity (Wildman–Crippen MR) is 67.9 cm³/mol. The van der Waals surface area contributed by atoms with Gasteiger partial charge in [-0.25, -0.2) is 0 Å². The molecule has 1 unspecified atom stereocenters. The summed E-state index contributed by atoms with van der Waals surface area (Å²) >= 11 is 0. The van der Waals surface area contributed by atoms with Gasteiger partial charge in [-0.3, -0.25) is 4.79 Å². The quantitative estimate of drug-likeness (QED) is 0.711. The van der Waals surface area contributed by atoms with Crippen molar-refractivity contribution in [3.8, 4) is 11.5 Å². The van der Waals surface area contributed by atoms with Gasteiger partial charge in [-0.05, 0) is 18.6 Å². The van der Waals surface area contributed by atoms with Gasteiger partial charge < -0.3 is 9.47 Å². The summed E-state index contributed by atoms with van der Waals surface area (Å²) in [5, 5.41) is 0. The normalized spacial score (nSPS) is 12.0. The minimum atomic E-state index is 0.0387. The van der Waals surface area contributed by atoms with E-state index in [1.807, 2.05) is 6.92 Å². The van der Waals surface area contributed by atoms with E-state index in [1.165, 1.54) is 0 Å². The molecule has 0 N–H and O–H groups in total. The Morgan fingerprint density at radius 1 is 1.18 bits per heavy atom. The molecule has 0 amide bonds. The number of methoxy groups -OCH3 is 2. The zero-order chi connectivity index (χ0) is 12.8. The lowest BCUT2D eigenvalue weighted by Crippen LogP contribution is -2.11. The molecule has 0 heterocycles. The first kappa shape index (κ1) is 13.6. The molecule has 1 aromatic rings. The van der Waals surface area contributed by atoms with E-state index >= 15 is 0 Å². The van der Waals surface area contributed by atoms with Crippen molar-refractivity contribution in [2.75, 3.05) is 14.2 Å². The van der Waals surface area contributed by atoms with Crippen molar-refractivity contribution < 1.29 is 14.3 Å². The van der Waals surface area contributed by atoms with Gasteiger partial charge in [-0.1, -0.05) is 20.3 Å². The van der Waals surface area contributed by atoms with Crippen LogP contribution in [0.25, 0.3) is 0 Å². The summed E-state index contributed by atoms with van der Waals surface area (Å²) in [6, 6.07) is 5.29. The second-order valence-corrected chi connectivity index (χ2v) is 4.16. The number of Topliss-reactive ketones (excluding diaryl/α,β-unsaturated/α-hetero) is 1. The summed E-state index contributed by atoms with van der Waals surface area (Å²) in [6.45, 7) is 4.04. The van der Waals surface area contributed by atoms with Crippen molar-refractivity contribution >= 4 is 5.78 Å². The Labute approximate surface area is 103 Å². The van der Waals surface area contributed by atoms with E-state index in [4.69, 9.17) is 9.47 Å². The van der Waals surface area contributed by atoms with Crippen LogP contribution in [0.4, 0.5) is 0 Å². The molecule has 1 rings (SSSR count). The van der Waals surface area contributed by atoms with Crippen molar-refractivity contribution in [3.05, 3.63) is 23.8 Å². The van der Waals surface area contributed by atoms with E-state index in [0.717, 1.165) is 12.8 Å². The highest BCUT2D eigenvalue weighted by Gasteiger charge is 2.16. The first-order valence-corrected chi connectivity index (χ1v) is 5.89. The fourth-order valence-electron chi connectivity index (χ4n) is 1.80. The standard InChI is InChI=1S/C14H20O3/c1-5-6-10(2)14(15)11-7-12(16-3)9-13(8-11)17-4/h7-10H,5-6H2,1-4H3. The molecule has 1 aromatic carbocycles. The topological polar surface area (TPSA) is 35.5 Å². The number of carbonyl (C=O) groups excluding carboxylic acids is 1. The molecule has 94 valence electrons. The lowest BCUT2D eigenvalue weighted by Gasteiger charge is -2.11. The largest absolute Gasteiger partial charge is 0.497 e.